The maximum atomic E-state index is 5.92. The minimum Gasteiger partial charge on any atom is -0.497 e. The number of rotatable bonds is 5. The van der Waals surface area contributed by atoms with Crippen molar-refractivity contribution >= 4 is 5.96 Å². The Morgan fingerprint density at radius 3 is 2.90 bits per heavy atom. The molecule has 0 bridgehead atoms. The van der Waals surface area contributed by atoms with E-state index < -0.39 is 0 Å². The van der Waals surface area contributed by atoms with Crippen molar-refractivity contribution in [3.05, 3.63) is 48.0 Å². The average Bonchev–Trinajstić information content (AvgIpc) is 3.44. The van der Waals surface area contributed by atoms with E-state index in [0.29, 0.717) is 25.5 Å². The molecule has 4 rings (SSSR count). The monoisotopic (exact) mass is 410 g/mol. The highest BCUT2D eigenvalue weighted by molar-refractivity contribution is 5.80. The molecular formula is C20H26N8O2. The highest BCUT2D eigenvalue weighted by atomic mass is 16.5. The summed E-state index contributed by atoms with van der Waals surface area (Å²) < 4.78 is 12.9. The molecular weight excluding hydrogens is 384 g/mol. The topological polar surface area (TPSA) is 105 Å². The summed E-state index contributed by atoms with van der Waals surface area (Å²) in [6.07, 6.45) is 3.80. The third kappa shape index (κ3) is 4.43. The number of nitrogens with one attached hydrogen (secondary N) is 2. The van der Waals surface area contributed by atoms with E-state index in [9.17, 15) is 0 Å². The summed E-state index contributed by atoms with van der Waals surface area (Å²) in [6, 6.07) is 7.65. The lowest BCUT2D eigenvalue weighted by molar-refractivity contribution is -0.00806. The van der Waals surface area contributed by atoms with Crippen molar-refractivity contribution in [3.8, 4) is 17.1 Å². The molecule has 2 aromatic heterocycles. The highest BCUT2D eigenvalue weighted by Crippen LogP contribution is 2.22. The molecule has 1 aliphatic heterocycles. The zero-order valence-electron chi connectivity index (χ0n) is 17.4. The summed E-state index contributed by atoms with van der Waals surface area (Å²) in [5.41, 5.74) is 1.99. The van der Waals surface area contributed by atoms with Gasteiger partial charge in [-0.2, -0.15) is 10.2 Å². The molecule has 1 fully saturated rings. The number of aliphatic imine (C=N–C) groups is 1. The largest absolute Gasteiger partial charge is 0.497 e. The Kier molecular flexibility index (Phi) is 5.94. The Hall–Kier alpha value is -3.40. The highest BCUT2D eigenvalue weighted by Gasteiger charge is 2.25. The first-order valence-corrected chi connectivity index (χ1v) is 9.77. The Morgan fingerprint density at radius 2 is 2.20 bits per heavy atom. The molecule has 2 N–H and O–H groups in total. The van der Waals surface area contributed by atoms with Gasteiger partial charge in [0.1, 0.15) is 17.7 Å². The van der Waals surface area contributed by atoms with Gasteiger partial charge in [0.15, 0.2) is 11.8 Å². The lowest BCUT2D eigenvalue weighted by Crippen LogP contribution is -2.48. The molecule has 1 unspecified atom stereocenters. The van der Waals surface area contributed by atoms with Crippen LogP contribution in [0.5, 0.6) is 5.75 Å². The van der Waals surface area contributed by atoms with Gasteiger partial charge in [0.2, 0.25) is 0 Å². The molecule has 158 valence electrons. The quantitative estimate of drug-likeness (QED) is 0.483. The van der Waals surface area contributed by atoms with Crippen LogP contribution in [-0.4, -0.2) is 69.7 Å². The smallest absolute Gasteiger partial charge is 0.194 e. The van der Waals surface area contributed by atoms with E-state index in [4.69, 9.17) is 9.47 Å². The van der Waals surface area contributed by atoms with E-state index in [2.05, 4.69) is 35.5 Å². The van der Waals surface area contributed by atoms with Crippen LogP contribution in [0.15, 0.2) is 41.7 Å². The molecule has 30 heavy (non-hydrogen) atoms. The molecule has 0 aliphatic carbocycles. The van der Waals surface area contributed by atoms with E-state index in [1.54, 1.807) is 18.8 Å². The van der Waals surface area contributed by atoms with Gasteiger partial charge in [0, 0.05) is 38.0 Å². The molecule has 1 aliphatic rings. The molecule has 1 saturated heterocycles. The van der Waals surface area contributed by atoms with Crippen molar-refractivity contribution < 1.29 is 9.47 Å². The van der Waals surface area contributed by atoms with E-state index in [1.165, 1.54) is 0 Å². The molecule has 0 amide bonds. The van der Waals surface area contributed by atoms with Crippen molar-refractivity contribution in [2.45, 2.75) is 12.6 Å². The summed E-state index contributed by atoms with van der Waals surface area (Å²) in [6.45, 7) is 2.59. The zero-order valence-corrected chi connectivity index (χ0v) is 17.4. The van der Waals surface area contributed by atoms with Crippen LogP contribution >= 0.6 is 0 Å². The van der Waals surface area contributed by atoms with Gasteiger partial charge in [0.25, 0.3) is 0 Å². The maximum absolute atomic E-state index is 5.92. The molecule has 1 aromatic carbocycles. The SMILES string of the molecule is CN=C(NCc1nc(-c2ccc(OC)cc2)n[nH]1)N1CCOC(c2cnn(C)c2)C1. The average molecular weight is 410 g/mol. The Bertz CT molecular complexity index is 994. The number of guanidine groups is 1. The summed E-state index contributed by atoms with van der Waals surface area (Å²) in [7, 11) is 5.33. The first-order valence-electron chi connectivity index (χ1n) is 9.77. The van der Waals surface area contributed by atoms with Crippen LogP contribution < -0.4 is 10.1 Å². The molecule has 10 heteroatoms. The summed E-state index contributed by atoms with van der Waals surface area (Å²) in [5, 5.41) is 14.9. The second kappa shape index (κ2) is 8.95. The van der Waals surface area contributed by atoms with Crippen LogP contribution in [0.3, 0.4) is 0 Å². The lowest BCUT2D eigenvalue weighted by atomic mass is 10.1. The molecule has 0 radical (unpaired) electrons. The standard InChI is InChI=1S/C20H26N8O2/c1-21-20(28-8-9-30-17(13-28)15-10-23-27(2)12-15)22-11-18-24-19(26-25-18)14-4-6-16(29-3)7-5-14/h4-7,10,12,17H,8-9,11,13H2,1-3H3,(H,21,22)(H,24,25,26). The van der Waals surface area contributed by atoms with Crippen molar-refractivity contribution in [1.29, 1.82) is 0 Å². The molecule has 3 aromatic rings. The number of benzene rings is 1. The fourth-order valence-electron chi connectivity index (χ4n) is 3.39. The van der Waals surface area contributed by atoms with Gasteiger partial charge < -0.3 is 19.7 Å². The predicted octanol–water partition coefficient (Wildman–Crippen LogP) is 1.36. The Balaban J connectivity index is 1.37. The molecule has 3 heterocycles. The third-order valence-electron chi connectivity index (χ3n) is 4.97. The van der Waals surface area contributed by atoms with Crippen LogP contribution in [0, 0.1) is 0 Å². The summed E-state index contributed by atoms with van der Waals surface area (Å²) >= 11 is 0. The van der Waals surface area contributed by atoms with Crippen molar-refractivity contribution in [2.24, 2.45) is 12.0 Å². The normalized spacial score (nSPS) is 17.2. The number of hydrogen-bond acceptors (Lipinski definition) is 6. The van der Waals surface area contributed by atoms with Crippen LogP contribution in [0.1, 0.15) is 17.5 Å². The predicted molar refractivity (Wildman–Crippen MR) is 112 cm³/mol. The van der Waals surface area contributed by atoms with Crippen molar-refractivity contribution in [2.75, 3.05) is 33.9 Å². The summed E-state index contributed by atoms with van der Waals surface area (Å²) in [5.74, 6) is 2.98. The number of aryl methyl sites for hydroxylation is 1. The molecule has 0 spiro atoms. The first-order chi connectivity index (χ1) is 14.7. The van der Waals surface area contributed by atoms with E-state index in [-0.39, 0.29) is 6.10 Å². The second-order valence-corrected chi connectivity index (χ2v) is 6.99. The van der Waals surface area contributed by atoms with Crippen molar-refractivity contribution in [3.63, 3.8) is 0 Å². The number of methoxy groups -OCH3 is 1. The van der Waals surface area contributed by atoms with Gasteiger partial charge in [-0.15, -0.1) is 0 Å². The minimum atomic E-state index is -0.0297. The number of morpholine rings is 1. The maximum Gasteiger partial charge on any atom is 0.194 e. The van der Waals surface area contributed by atoms with Gasteiger partial charge in [-0.25, -0.2) is 4.98 Å². The van der Waals surface area contributed by atoms with Crippen molar-refractivity contribution in [1.82, 2.24) is 35.2 Å². The fraction of sp³-hybridized carbons (Fsp3) is 0.400. The first kappa shape index (κ1) is 19.9. The molecule has 0 saturated carbocycles. The zero-order chi connectivity index (χ0) is 20.9. The van der Waals surface area contributed by atoms with Gasteiger partial charge in [-0.3, -0.25) is 14.8 Å². The number of H-pyrrole nitrogens is 1. The van der Waals surface area contributed by atoms with E-state index in [1.807, 2.05) is 43.7 Å². The van der Waals surface area contributed by atoms with E-state index >= 15 is 0 Å². The minimum absolute atomic E-state index is 0.0297. The number of hydrogen-bond donors (Lipinski definition) is 2. The second-order valence-electron chi connectivity index (χ2n) is 6.99. The number of ether oxygens (including phenoxy) is 2. The van der Waals surface area contributed by atoms with Crippen LogP contribution in [0.25, 0.3) is 11.4 Å². The Morgan fingerprint density at radius 1 is 1.37 bits per heavy atom. The third-order valence-corrected chi connectivity index (χ3v) is 4.97. The number of nitrogens with zero attached hydrogens (tertiary/aromatic N) is 6. The van der Waals surface area contributed by atoms with Gasteiger partial charge in [-0.05, 0) is 24.3 Å². The molecule has 1 atom stereocenters. The van der Waals surface area contributed by atoms with E-state index in [0.717, 1.165) is 35.2 Å². The number of aromatic nitrogens is 5. The van der Waals surface area contributed by atoms with Gasteiger partial charge in [-0.1, -0.05) is 0 Å². The Labute approximate surface area is 174 Å². The number of aromatic amines is 1. The van der Waals surface area contributed by atoms with Gasteiger partial charge >= 0.3 is 0 Å². The molecule has 10 nitrogen and oxygen atoms in total. The van der Waals surface area contributed by atoms with Gasteiger partial charge in [0.05, 0.1) is 33.0 Å². The van der Waals surface area contributed by atoms with Crippen LogP contribution in [0.2, 0.25) is 0 Å². The van der Waals surface area contributed by atoms with Crippen LogP contribution in [-0.2, 0) is 18.3 Å². The fourth-order valence-corrected chi connectivity index (χ4v) is 3.39. The lowest BCUT2D eigenvalue weighted by Gasteiger charge is -2.34. The van der Waals surface area contributed by atoms with Crippen LogP contribution in [0.4, 0.5) is 0 Å². The summed E-state index contributed by atoms with van der Waals surface area (Å²) in [4.78, 5) is 11.2.